The van der Waals surface area contributed by atoms with Gasteiger partial charge < -0.3 is 18.6 Å². The molecular formula is C20H19BrN2O4S. The van der Waals surface area contributed by atoms with E-state index >= 15 is 0 Å². The SMILES string of the molecule is Cc1ccc(C)c(OCc2nnc(SCc3cc4c(cc3Br)OCCO4)o2)c1. The highest BCUT2D eigenvalue weighted by molar-refractivity contribution is 9.10. The molecule has 0 N–H and O–H groups in total. The normalized spacial score (nSPS) is 12.8. The predicted molar refractivity (Wildman–Crippen MR) is 109 cm³/mol. The fourth-order valence-corrected chi connectivity index (χ4v) is 4.13. The van der Waals surface area contributed by atoms with Gasteiger partial charge in [0.1, 0.15) is 19.0 Å². The highest BCUT2D eigenvalue weighted by atomic mass is 79.9. The molecule has 0 saturated carbocycles. The lowest BCUT2D eigenvalue weighted by atomic mass is 10.1. The lowest BCUT2D eigenvalue weighted by Crippen LogP contribution is -2.15. The Bertz CT molecular complexity index is 992. The predicted octanol–water partition coefficient (Wildman–Crippen LogP) is 5.09. The summed E-state index contributed by atoms with van der Waals surface area (Å²) in [5.41, 5.74) is 3.29. The van der Waals surface area contributed by atoms with Crippen LogP contribution in [0.15, 0.2) is 44.4 Å². The molecule has 4 rings (SSSR count). The van der Waals surface area contributed by atoms with Crippen LogP contribution in [-0.4, -0.2) is 23.4 Å². The first kappa shape index (κ1) is 19.1. The smallest absolute Gasteiger partial charge is 0.277 e. The maximum atomic E-state index is 5.82. The summed E-state index contributed by atoms with van der Waals surface area (Å²) < 4.78 is 23.7. The Labute approximate surface area is 175 Å². The van der Waals surface area contributed by atoms with E-state index in [1.54, 1.807) is 0 Å². The molecule has 8 heteroatoms. The Kier molecular flexibility index (Phi) is 5.77. The Morgan fingerprint density at radius 2 is 1.86 bits per heavy atom. The van der Waals surface area contributed by atoms with Crippen LogP contribution in [0, 0.1) is 13.8 Å². The van der Waals surface area contributed by atoms with Crippen LogP contribution in [0.3, 0.4) is 0 Å². The second-order valence-corrected chi connectivity index (χ2v) is 8.18. The van der Waals surface area contributed by atoms with Gasteiger partial charge in [-0.2, -0.15) is 0 Å². The molecule has 0 saturated heterocycles. The number of aromatic nitrogens is 2. The zero-order chi connectivity index (χ0) is 19.5. The fraction of sp³-hybridized carbons (Fsp3) is 0.300. The Morgan fingerprint density at radius 3 is 2.68 bits per heavy atom. The molecule has 0 radical (unpaired) electrons. The van der Waals surface area contributed by atoms with Crippen molar-refractivity contribution >= 4 is 27.7 Å². The maximum absolute atomic E-state index is 5.82. The third-order valence-corrected chi connectivity index (χ3v) is 5.81. The van der Waals surface area contributed by atoms with Gasteiger partial charge in [0.2, 0.25) is 0 Å². The largest absolute Gasteiger partial charge is 0.486 e. The second kappa shape index (κ2) is 8.45. The van der Waals surface area contributed by atoms with Crippen molar-refractivity contribution in [2.24, 2.45) is 0 Å². The standard InChI is InChI=1S/C20H19BrN2O4S/c1-12-3-4-13(2)16(7-12)26-10-19-22-23-20(27-19)28-11-14-8-17-18(9-15(14)21)25-6-5-24-17/h3-4,7-9H,5-6,10-11H2,1-2H3. The summed E-state index contributed by atoms with van der Waals surface area (Å²) in [5, 5.41) is 8.67. The van der Waals surface area contributed by atoms with Crippen molar-refractivity contribution in [1.82, 2.24) is 10.2 Å². The molecule has 0 atom stereocenters. The van der Waals surface area contributed by atoms with Gasteiger partial charge in [-0.3, -0.25) is 0 Å². The van der Waals surface area contributed by atoms with Crippen LogP contribution in [0.4, 0.5) is 0 Å². The molecule has 6 nitrogen and oxygen atoms in total. The molecule has 0 unspecified atom stereocenters. The topological polar surface area (TPSA) is 66.6 Å². The Balaban J connectivity index is 1.37. The molecule has 1 aliphatic rings. The molecule has 0 fully saturated rings. The summed E-state index contributed by atoms with van der Waals surface area (Å²) in [5.74, 6) is 3.46. The van der Waals surface area contributed by atoms with Gasteiger partial charge in [0.25, 0.3) is 11.1 Å². The van der Waals surface area contributed by atoms with Gasteiger partial charge in [-0.15, -0.1) is 10.2 Å². The Hall–Kier alpha value is -2.19. The van der Waals surface area contributed by atoms with Crippen molar-refractivity contribution in [1.29, 1.82) is 0 Å². The molecule has 0 spiro atoms. The minimum Gasteiger partial charge on any atom is -0.486 e. The summed E-state index contributed by atoms with van der Waals surface area (Å²) >= 11 is 5.05. The summed E-state index contributed by atoms with van der Waals surface area (Å²) in [6.45, 7) is 5.42. The van der Waals surface area contributed by atoms with Crippen LogP contribution in [0.1, 0.15) is 22.6 Å². The van der Waals surface area contributed by atoms with E-state index in [1.165, 1.54) is 11.8 Å². The molecule has 1 aromatic heterocycles. The zero-order valence-electron chi connectivity index (χ0n) is 15.5. The van der Waals surface area contributed by atoms with Crippen molar-refractivity contribution in [3.05, 3.63) is 57.4 Å². The minimum absolute atomic E-state index is 0.242. The summed E-state index contributed by atoms with van der Waals surface area (Å²) in [7, 11) is 0. The number of rotatable bonds is 6. The molecule has 2 heterocycles. The number of thioether (sulfide) groups is 1. The first-order valence-corrected chi connectivity index (χ1v) is 10.6. The van der Waals surface area contributed by atoms with Crippen LogP contribution < -0.4 is 14.2 Å². The van der Waals surface area contributed by atoms with E-state index in [1.807, 2.05) is 38.1 Å². The lowest BCUT2D eigenvalue weighted by molar-refractivity contribution is 0.171. The first-order chi connectivity index (χ1) is 13.6. The molecular weight excluding hydrogens is 444 g/mol. The molecule has 0 aliphatic carbocycles. The molecule has 0 amide bonds. The summed E-state index contributed by atoms with van der Waals surface area (Å²) in [4.78, 5) is 0. The molecule has 1 aliphatic heterocycles. The van der Waals surface area contributed by atoms with Gasteiger partial charge >= 0.3 is 0 Å². The van der Waals surface area contributed by atoms with E-state index in [0.29, 0.717) is 30.1 Å². The number of fused-ring (bicyclic) bond motifs is 1. The highest BCUT2D eigenvalue weighted by Gasteiger charge is 2.16. The first-order valence-electron chi connectivity index (χ1n) is 8.82. The van der Waals surface area contributed by atoms with Gasteiger partial charge in [0, 0.05) is 10.2 Å². The van der Waals surface area contributed by atoms with Gasteiger partial charge in [-0.25, -0.2) is 0 Å². The summed E-state index contributed by atoms with van der Waals surface area (Å²) in [6.07, 6.45) is 0. The van der Waals surface area contributed by atoms with Crippen molar-refractivity contribution in [2.45, 2.75) is 31.4 Å². The monoisotopic (exact) mass is 462 g/mol. The van der Waals surface area contributed by atoms with E-state index in [2.05, 4.69) is 32.2 Å². The van der Waals surface area contributed by atoms with Gasteiger partial charge in [0.15, 0.2) is 18.1 Å². The van der Waals surface area contributed by atoms with Crippen molar-refractivity contribution in [2.75, 3.05) is 13.2 Å². The highest BCUT2D eigenvalue weighted by Crippen LogP contribution is 2.37. The molecule has 0 bridgehead atoms. The number of nitrogens with zero attached hydrogens (tertiary/aromatic N) is 2. The van der Waals surface area contributed by atoms with Crippen molar-refractivity contribution < 1.29 is 18.6 Å². The molecule has 2 aromatic carbocycles. The van der Waals surface area contributed by atoms with E-state index in [0.717, 1.165) is 38.4 Å². The fourth-order valence-electron chi connectivity index (χ4n) is 2.71. The van der Waals surface area contributed by atoms with E-state index in [9.17, 15) is 0 Å². The average Bonchev–Trinajstić information content (AvgIpc) is 3.15. The van der Waals surface area contributed by atoms with Gasteiger partial charge in [-0.05, 0) is 48.7 Å². The van der Waals surface area contributed by atoms with Crippen LogP contribution in [0.25, 0.3) is 0 Å². The van der Waals surface area contributed by atoms with Crippen LogP contribution in [-0.2, 0) is 12.4 Å². The molecule has 146 valence electrons. The lowest BCUT2D eigenvalue weighted by Gasteiger charge is -2.19. The van der Waals surface area contributed by atoms with E-state index in [4.69, 9.17) is 18.6 Å². The third kappa shape index (κ3) is 4.44. The van der Waals surface area contributed by atoms with Crippen molar-refractivity contribution in [3.8, 4) is 17.2 Å². The number of aryl methyl sites for hydroxylation is 2. The number of ether oxygens (including phenoxy) is 3. The third-order valence-electron chi connectivity index (χ3n) is 4.21. The van der Waals surface area contributed by atoms with Gasteiger partial charge in [-0.1, -0.05) is 39.8 Å². The van der Waals surface area contributed by atoms with E-state index < -0.39 is 0 Å². The number of hydrogen-bond donors (Lipinski definition) is 0. The quantitative estimate of drug-likeness (QED) is 0.472. The van der Waals surface area contributed by atoms with Crippen LogP contribution in [0.2, 0.25) is 0 Å². The number of halogens is 1. The summed E-state index contributed by atoms with van der Waals surface area (Å²) in [6, 6.07) is 10.00. The number of benzene rings is 2. The minimum atomic E-state index is 0.242. The maximum Gasteiger partial charge on any atom is 0.277 e. The van der Waals surface area contributed by atoms with Crippen molar-refractivity contribution in [3.63, 3.8) is 0 Å². The second-order valence-electron chi connectivity index (χ2n) is 6.40. The Morgan fingerprint density at radius 1 is 1.07 bits per heavy atom. The zero-order valence-corrected chi connectivity index (χ0v) is 17.9. The van der Waals surface area contributed by atoms with Crippen LogP contribution in [0.5, 0.6) is 17.2 Å². The van der Waals surface area contributed by atoms with Gasteiger partial charge in [0.05, 0.1) is 0 Å². The number of hydrogen-bond acceptors (Lipinski definition) is 7. The average molecular weight is 463 g/mol. The molecule has 3 aromatic rings. The molecule has 28 heavy (non-hydrogen) atoms. The van der Waals surface area contributed by atoms with Crippen LogP contribution >= 0.6 is 27.7 Å². The van der Waals surface area contributed by atoms with E-state index in [-0.39, 0.29) is 6.61 Å².